The number of aromatic nitrogens is 2. The van der Waals surface area contributed by atoms with Crippen molar-refractivity contribution in [2.45, 2.75) is 245 Å². The lowest BCUT2D eigenvalue weighted by Gasteiger charge is -2.20. The summed E-state index contributed by atoms with van der Waals surface area (Å²) in [5, 5.41) is 0. The molecule has 0 aliphatic rings. The lowest BCUT2D eigenvalue weighted by molar-refractivity contribution is 0.435. The van der Waals surface area contributed by atoms with Gasteiger partial charge in [-0.15, -0.1) is 0 Å². The molecule has 0 bridgehead atoms. The van der Waals surface area contributed by atoms with Gasteiger partial charge in [0.05, 0.1) is 0 Å². The second-order valence-electron chi connectivity index (χ2n) is 14.4. The summed E-state index contributed by atoms with van der Waals surface area (Å²) in [6, 6.07) is 0.586. The van der Waals surface area contributed by atoms with Crippen LogP contribution in [-0.2, 0) is 0 Å². The highest BCUT2D eigenvalue weighted by atomic mass is 15.1. The van der Waals surface area contributed by atoms with Crippen molar-refractivity contribution in [2.75, 3.05) is 0 Å². The van der Waals surface area contributed by atoms with Crippen LogP contribution in [0.4, 0.5) is 0 Å². The molecule has 2 nitrogen and oxygen atoms in total. The van der Waals surface area contributed by atoms with Crippen LogP contribution in [0.25, 0.3) is 0 Å². The van der Waals surface area contributed by atoms with E-state index in [1.807, 2.05) is 6.20 Å². The monoisotopic (exact) mass is 601 g/mol. The number of unbranched alkanes of at least 4 members (excludes halogenated alkanes) is 28. The lowest BCUT2D eigenvalue weighted by Crippen LogP contribution is -2.11. The third-order valence-electron chi connectivity index (χ3n) is 10.1. The fourth-order valence-electron chi connectivity index (χ4n) is 6.98. The topological polar surface area (TPSA) is 17.8 Å². The van der Waals surface area contributed by atoms with Crippen LogP contribution in [0.15, 0.2) is 12.4 Å². The Morgan fingerprint density at radius 3 is 1.09 bits per heavy atom. The predicted octanol–water partition coefficient (Wildman–Crippen LogP) is 15.1. The van der Waals surface area contributed by atoms with Crippen molar-refractivity contribution in [3.8, 4) is 0 Å². The Balaban J connectivity index is 1.96. The third-order valence-corrected chi connectivity index (χ3v) is 10.1. The van der Waals surface area contributed by atoms with Crippen molar-refractivity contribution in [1.82, 2.24) is 9.55 Å². The number of imidazole rings is 1. The van der Waals surface area contributed by atoms with E-state index in [0.29, 0.717) is 12.0 Å². The summed E-state index contributed by atoms with van der Waals surface area (Å²) in [7, 11) is 0. The van der Waals surface area contributed by atoms with Gasteiger partial charge in [0, 0.05) is 24.4 Å². The Morgan fingerprint density at radius 2 is 0.744 bits per heavy atom. The van der Waals surface area contributed by atoms with E-state index >= 15 is 0 Å². The minimum Gasteiger partial charge on any atom is -0.332 e. The summed E-state index contributed by atoms with van der Waals surface area (Å²) in [6.45, 7) is 9.43. The molecule has 0 spiro atoms. The van der Waals surface area contributed by atoms with E-state index in [1.165, 1.54) is 211 Å². The molecular formula is C41H80N2. The third kappa shape index (κ3) is 24.2. The van der Waals surface area contributed by atoms with Crippen LogP contribution >= 0.6 is 0 Å². The van der Waals surface area contributed by atoms with Crippen LogP contribution in [0.3, 0.4) is 0 Å². The molecule has 0 radical (unpaired) electrons. The summed E-state index contributed by atoms with van der Waals surface area (Å²) in [6.07, 6.45) is 50.1. The molecule has 2 heteroatoms. The van der Waals surface area contributed by atoms with Gasteiger partial charge in [0.2, 0.25) is 0 Å². The van der Waals surface area contributed by atoms with E-state index in [4.69, 9.17) is 4.98 Å². The molecule has 0 amide bonds. The average Bonchev–Trinajstić information content (AvgIpc) is 3.51. The lowest BCUT2D eigenvalue weighted by atomic mass is 9.99. The smallest absolute Gasteiger partial charge is 0.111 e. The van der Waals surface area contributed by atoms with Gasteiger partial charge >= 0.3 is 0 Å². The van der Waals surface area contributed by atoms with Crippen molar-refractivity contribution in [3.63, 3.8) is 0 Å². The fourth-order valence-corrected chi connectivity index (χ4v) is 6.98. The van der Waals surface area contributed by atoms with E-state index in [-0.39, 0.29) is 0 Å². The highest BCUT2D eigenvalue weighted by Crippen LogP contribution is 2.26. The first kappa shape index (κ1) is 40.2. The highest BCUT2D eigenvalue weighted by molar-refractivity contribution is 5.01. The average molecular weight is 601 g/mol. The van der Waals surface area contributed by atoms with Gasteiger partial charge in [0.1, 0.15) is 5.82 Å². The van der Waals surface area contributed by atoms with Gasteiger partial charge in [0.25, 0.3) is 0 Å². The molecule has 0 aliphatic heterocycles. The number of hydrogen-bond donors (Lipinski definition) is 0. The second-order valence-corrected chi connectivity index (χ2v) is 14.4. The summed E-state index contributed by atoms with van der Waals surface area (Å²) in [5.74, 6) is 1.92. The van der Waals surface area contributed by atoms with Crippen LogP contribution in [0, 0.1) is 0 Å². The predicted molar refractivity (Wildman–Crippen MR) is 194 cm³/mol. The first-order valence-corrected chi connectivity index (χ1v) is 20.2. The molecule has 0 aromatic carbocycles. The van der Waals surface area contributed by atoms with Gasteiger partial charge in [-0.05, 0) is 19.8 Å². The molecule has 0 fully saturated rings. The molecule has 0 aliphatic carbocycles. The minimum absolute atomic E-state index is 0.584. The molecule has 2 unspecified atom stereocenters. The van der Waals surface area contributed by atoms with E-state index in [9.17, 15) is 0 Å². The normalized spacial score (nSPS) is 13.1. The van der Waals surface area contributed by atoms with Gasteiger partial charge in [-0.25, -0.2) is 4.98 Å². The molecule has 1 rings (SSSR count). The van der Waals surface area contributed by atoms with E-state index < -0.39 is 0 Å². The van der Waals surface area contributed by atoms with Gasteiger partial charge in [-0.2, -0.15) is 0 Å². The maximum atomic E-state index is 4.81. The SMILES string of the molecule is CCCCCCCCCCCCCCCCCC(C)c1nccn1C(C)CCCCCCCCCCCCCCCCC. The van der Waals surface area contributed by atoms with Crippen molar-refractivity contribution in [1.29, 1.82) is 0 Å². The summed E-state index contributed by atoms with van der Waals surface area (Å²) >= 11 is 0. The van der Waals surface area contributed by atoms with Crippen LogP contribution in [0.1, 0.15) is 251 Å². The molecule has 0 N–H and O–H groups in total. The molecule has 1 heterocycles. The zero-order valence-electron chi connectivity index (χ0n) is 30.3. The van der Waals surface area contributed by atoms with E-state index in [2.05, 4.69) is 38.5 Å². The van der Waals surface area contributed by atoms with E-state index in [0.717, 1.165) is 0 Å². The number of rotatable bonds is 34. The maximum Gasteiger partial charge on any atom is 0.111 e. The molecule has 0 saturated heterocycles. The summed E-state index contributed by atoms with van der Waals surface area (Å²) < 4.78 is 2.50. The van der Waals surface area contributed by atoms with Gasteiger partial charge in [0.15, 0.2) is 0 Å². The molecule has 254 valence electrons. The molecule has 43 heavy (non-hydrogen) atoms. The molecule has 2 atom stereocenters. The quantitative estimate of drug-likeness (QED) is 0.0719. The van der Waals surface area contributed by atoms with Crippen molar-refractivity contribution >= 4 is 0 Å². The fraction of sp³-hybridized carbons (Fsp3) is 0.927. The van der Waals surface area contributed by atoms with Crippen LogP contribution in [-0.4, -0.2) is 9.55 Å². The van der Waals surface area contributed by atoms with Crippen molar-refractivity contribution < 1.29 is 0 Å². The zero-order valence-corrected chi connectivity index (χ0v) is 30.3. The molecule has 1 aromatic heterocycles. The largest absolute Gasteiger partial charge is 0.332 e. The maximum absolute atomic E-state index is 4.81. The van der Waals surface area contributed by atoms with Crippen molar-refractivity contribution in [3.05, 3.63) is 18.2 Å². The van der Waals surface area contributed by atoms with Crippen LogP contribution < -0.4 is 0 Å². The van der Waals surface area contributed by atoms with Gasteiger partial charge in [-0.1, -0.05) is 213 Å². The summed E-state index contributed by atoms with van der Waals surface area (Å²) in [5.41, 5.74) is 0. The Bertz CT molecular complexity index is 610. The minimum atomic E-state index is 0.584. The Hall–Kier alpha value is -0.790. The second kappa shape index (κ2) is 31.2. The van der Waals surface area contributed by atoms with Crippen LogP contribution in [0.2, 0.25) is 0 Å². The van der Waals surface area contributed by atoms with Gasteiger partial charge in [-0.3, -0.25) is 0 Å². The molecular weight excluding hydrogens is 520 g/mol. The Morgan fingerprint density at radius 1 is 0.442 bits per heavy atom. The van der Waals surface area contributed by atoms with E-state index in [1.54, 1.807) is 0 Å². The first-order chi connectivity index (χ1) is 21.2. The summed E-state index contributed by atoms with van der Waals surface area (Å²) in [4.78, 5) is 4.81. The molecule has 1 aromatic rings. The Kier molecular flexibility index (Phi) is 29.2. The van der Waals surface area contributed by atoms with Gasteiger partial charge < -0.3 is 4.57 Å². The van der Waals surface area contributed by atoms with Crippen molar-refractivity contribution in [2.24, 2.45) is 0 Å². The Labute approximate surface area is 272 Å². The number of hydrogen-bond acceptors (Lipinski definition) is 1. The highest BCUT2D eigenvalue weighted by Gasteiger charge is 2.15. The zero-order chi connectivity index (χ0) is 31.1. The van der Waals surface area contributed by atoms with Crippen LogP contribution in [0.5, 0.6) is 0 Å². The first-order valence-electron chi connectivity index (χ1n) is 20.2. The standard InChI is InChI=1S/C41H80N2/c1-5-7-9-11-13-15-17-19-21-23-25-27-29-31-33-35-39(3)41-42-37-38-43(41)40(4)36-34-32-30-28-26-24-22-20-18-16-14-12-10-8-6-2/h37-40H,5-36H2,1-4H3. The number of nitrogens with zero attached hydrogens (tertiary/aromatic N) is 2. The molecule has 0 saturated carbocycles.